The number of amides is 1. The van der Waals surface area contributed by atoms with Crippen LogP contribution in [0.15, 0.2) is 72.6 Å². The van der Waals surface area contributed by atoms with Crippen molar-refractivity contribution < 1.29 is 24.2 Å². The molecule has 1 aliphatic rings. The number of ketones is 1. The zero-order chi connectivity index (χ0) is 25.3. The normalized spacial score (nSPS) is 17.5. The minimum Gasteiger partial charge on any atom is -0.507 e. The van der Waals surface area contributed by atoms with Crippen LogP contribution < -0.4 is 14.4 Å². The molecule has 0 radical (unpaired) electrons. The monoisotopic (exact) mass is 472 g/mol. The zero-order valence-corrected chi connectivity index (χ0v) is 20.4. The third-order valence-electron chi connectivity index (χ3n) is 6.12. The van der Waals surface area contributed by atoms with E-state index < -0.39 is 17.7 Å². The lowest BCUT2D eigenvalue weighted by atomic mass is 9.85. The van der Waals surface area contributed by atoms with Crippen molar-refractivity contribution in [3.05, 3.63) is 89.3 Å². The van der Waals surface area contributed by atoms with Crippen LogP contribution in [0, 0.1) is 0 Å². The second-order valence-corrected chi connectivity index (χ2v) is 9.32. The summed E-state index contributed by atoms with van der Waals surface area (Å²) in [6, 6.07) is 14.9. The van der Waals surface area contributed by atoms with Gasteiger partial charge in [-0.1, -0.05) is 32.9 Å². The Morgan fingerprint density at radius 1 is 1.00 bits per heavy atom. The SMILES string of the molecule is COc1ccc(N2C(=O)C(=O)/C(=C(/O)c3cc(C(C)(C)C)ccc3OC)C2c2cccnc2)cc1. The summed E-state index contributed by atoms with van der Waals surface area (Å²) in [5.41, 5.74) is 2.15. The van der Waals surface area contributed by atoms with Gasteiger partial charge in [0.05, 0.1) is 31.4 Å². The van der Waals surface area contributed by atoms with Gasteiger partial charge >= 0.3 is 0 Å². The Bertz CT molecular complexity index is 1290. The van der Waals surface area contributed by atoms with E-state index in [9.17, 15) is 14.7 Å². The van der Waals surface area contributed by atoms with Crippen molar-refractivity contribution in [3.8, 4) is 11.5 Å². The van der Waals surface area contributed by atoms with E-state index in [0.717, 1.165) is 5.56 Å². The fourth-order valence-electron chi connectivity index (χ4n) is 4.20. The molecule has 4 rings (SSSR count). The maximum Gasteiger partial charge on any atom is 0.300 e. The Balaban J connectivity index is 1.96. The number of pyridine rings is 1. The molecule has 7 nitrogen and oxygen atoms in total. The van der Waals surface area contributed by atoms with E-state index in [1.54, 1.807) is 68.0 Å². The third kappa shape index (κ3) is 4.37. The molecule has 1 atom stereocenters. The molecule has 35 heavy (non-hydrogen) atoms. The Hall–Kier alpha value is -4.13. The highest BCUT2D eigenvalue weighted by atomic mass is 16.5. The van der Waals surface area contributed by atoms with Crippen LogP contribution in [0.2, 0.25) is 0 Å². The minimum absolute atomic E-state index is 0.0248. The number of Topliss-reactive ketones (excluding diaryl/α,β-unsaturated/α-hetero) is 1. The van der Waals surface area contributed by atoms with Crippen LogP contribution in [-0.2, 0) is 15.0 Å². The standard InChI is InChI=1S/C28H28N2O5/c1-28(2,3)18-8-13-22(35-5)21(15-18)25(31)23-24(17-7-6-14-29-16-17)30(27(33)26(23)32)19-9-11-20(34-4)12-10-19/h6-16,24,31H,1-5H3/b25-23+. The van der Waals surface area contributed by atoms with E-state index in [1.165, 1.54) is 12.0 Å². The van der Waals surface area contributed by atoms with Gasteiger partial charge in [-0.2, -0.15) is 0 Å². The molecule has 0 saturated carbocycles. The minimum atomic E-state index is -0.875. The lowest BCUT2D eigenvalue weighted by molar-refractivity contribution is -0.132. The summed E-state index contributed by atoms with van der Waals surface area (Å²) in [6.45, 7) is 6.16. The van der Waals surface area contributed by atoms with Crippen LogP contribution in [0.4, 0.5) is 5.69 Å². The Morgan fingerprint density at radius 2 is 1.71 bits per heavy atom. The summed E-state index contributed by atoms with van der Waals surface area (Å²) < 4.78 is 10.7. The molecule has 1 fully saturated rings. The molecule has 0 aliphatic carbocycles. The van der Waals surface area contributed by atoms with Gasteiger partial charge in [0.1, 0.15) is 17.3 Å². The Labute approximate surface area is 204 Å². The largest absolute Gasteiger partial charge is 0.507 e. The van der Waals surface area contributed by atoms with Gasteiger partial charge in [0.25, 0.3) is 11.7 Å². The van der Waals surface area contributed by atoms with Gasteiger partial charge in [-0.25, -0.2) is 0 Å². The number of aliphatic hydroxyl groups excluding tert-OH is 1. The first-order valence-corrected chi connectivity index (χ1v) is 11.2. The summed E-state index contributed by atoms with van der Waals surface area (Å²) in [6.07, 6.45) is 3.20. The maximum absolute atomic E-state index is 13.4. The van der Waals surface area contributed by atoms with Crippen molar-refractivity contribution in [3.63, 3.8) is 0 Å². The van der Waals surface area contributed by atoms with E-state index in [2.05, 4.69) is 25.8 Å². The van der Waals surface area contributed by atoms with Gasteiger partial charge in [-0.05, 0) is 59.0 Å². The molecule has 1 N–H and O–H groups in total. The topological polar surface area (TPSA) is 89.0 Å². The molecule has 180 valence electrons. The van der Waals surface area contributed by atoms with Crippen LogP contribution in [0.5, 0.6) is 11.5 Å². The first kappa shape index (κ1) is 24.0. The fourth-order valence-corrected chi connectivity index (χ4v) is 4.20. The Morgan fingerprint density at radius 3 is 2.29 bits per heavy atom. The number of methoxy groups -OCH3 is 2. The molecule has 1 amide bonds. The lowest BCUT2D eigenvalue weighted by Crippen LogP contribution is -2.29. The number of hydrogen-bond donors (Lipinski definition) is 1. The average molecular weight is 473 g/mol. The summed E-state index contributed by atoms with van der Waals surface area (Å²) >= 11 is 0. The number of hydrogen-bond acceptors (Lipinski definition) is 6. The van der Waals surface area contributed by atoms with E-state index in [0.29, 0.717) is 28.3 Å². The number of aliphatic hydroxyl groups is 1. The molecule has 1 aliphatic heterocycles. The van der Waals surface area contributed by atoms with Crippen LogP contribution >= 0.6 is 0 Å². The van der Waals surface area contributed by atoms with Crippen molar-refractivity contribution in [1.29, 1.82) is 0 Å². The molecule has 1 unspecified atom stereocenters. The highest BCUT2D eigenvalue weighted by Gasteiger charge is 2.47. The number of aromatic nitrogens is 1. The predicted octanol–water partition coefficient (Wildman–Crippen LogP) is 5.02. The summed E-state index contributed by atoms with van der Waals surface area (Å²) in [7, 11) is 3.05. The number of rotatable bonds is 5. The highest BCUT2D eigenvalue weighted by molar-refractivity contribution is 6.51. The third-order valence-corrected chi connectivity index (χ3v) is 6.12. The van der Waals surface area contributed by atoms with Crippen LogP contribution in [0.1, 0.15) is 43.5 Å². The molecule has 1 aromatic heterocycles. The molecular formula is C28H28N2O5. The van der Waals surface area contributed by atoms with Gasteiger partial charge in [0.15, 0.2) is 0 Å². The van der Waals surface area contributed by atoms with Gasteiger partial charge in [-0.15, -0.1) is 0 Å². The number of benzene rings is 2. The fraction of sp³-hybridized carbons (Fsp3) is 0.250. The van der Waals surface area contributed by atoms with Crippen molar-refractivity contribution in [2.24, 2.45) is 0 Å². The average Bonchev–Trinajstić information content (AvgIpc) is 3.13. The molecule has 0 bridgehead atoms. The molecular weight excluding hydrogens is 444 g/mol. The Kier molecular flexibility index (Phi) is 6.35. The number of carbonyl (C=O) groups is 2. The summed E-state index contributed by atoms with van der Waals surface area (Å²) in [5, 5.41) is 11.5. The van der Waals surface area contributed by atoms with E-state index in [-0.39, 0.29) is 16.7 Å². The van der Waals surface area contributed by atoms with E-state index in [1.807, 2.05) is 6.07 Å². The number of carbonyl (C=O) groups excluding carboxylic acids is 2. The van der Waals surface area contributed by atoms with E-state index >= 15 is 0 Å². The number of anilines is 1. The van der Waals surface area contributed by atoms with Gasteiger partial charge in [-0.3, -0.25) is 19.5 Å². The van der Waals surface area contributed by atoms with Crippen molar-refractivity contribution in [2.45, 2.75) is 32.2 Å². The first-order valence-electron chi connectivity index (χ1n) is 11.2. The van der Waals surface area contributed by atoms with Crippen molar-refractivity contribution >= 4 is 23.1 Å². The molecule has 0 spiro atoms. The molecule has 3 aromatic rings. The molecule has 2 aromatic carbocycles. The van der Waals surface area contributed by atoms with Crippen molar-refractivity contribution in [1.82, 2.24) is 4.98 Å². The van der Waals surface area contributed by atoms with Gasteiger partial charge < -0.3 is 14.6 Å². The van der Waals surface area contributed by atoms with Crippen molar-refractivity contribution in [2.75, 3.05) is 19.1 Å². The molecule has 7 heteroatoms. The predicted molar refractivity (Wildman–Crippen MR) is 134 cm³/mol. The zero-order valence-electron chi connectivity index (χ0n) is 20.4. The number of nitrogens with zero attached hydrogens (tertiary/aromatic N) is 2. The van der Waals surface area contributed by atoms with Gasteiger partial charge in [0.2, 0.25) is 0 Å². The second kappa shape index (κ2) is 9.25. The highest BCUT2D eigenvalue weighted by Crippen LogP contribution is 2.43. The van der Waals surface area contributed by atoms with E-state index in [4.69, 9.17) is 9.47 Å². The van der Waals surface area contributed by atoms with Crippen LogP contribution in [0.25, 0.3) is 5.76 Å². The van der Waals surface area contributed by atoms with Gasteiger partial charge in [0, 0.05) is 18.1 Å². The summed E-state index contributed by atoms with van der Waals surface area (Å²) in [5.74, 6) is -0.800. The van der Waals surface area contributed by atoms with Crippen LogP contribution in [0.3, 0.4) is 0 Å². The number of ether oxygens (including phenoxy) is 2. The first-order chi connectivity index (χ1) is 16.7. The van der Waals surface area contributed by atoms with Crippen LogP contribution in [-0.4, -0.2) is 36.0 Å². The quantitative estimate of drug-likeness (QED) is 0.319. The lowest BCUT2D eigenvalue weighted by Gasteiger charge is -2.26. The smallest absolute Gasteiger partial charge is 0.300 e. The molecule has 1 saturated heterocycles. The maximum atomic E-state index is 13.4. The molecule has 2 heterocycles. The summed E-state index contributed by atoms with van der Waals surface area (Å²) in [4.78, 5) is 32.3. The second-order valence-electron chi connectivity index (χ2n) is 9.32.